The fraction of sp³-hybridized carbons (Fsp3) is 0.800. The number of rotatable bonds is 2. The lowest BCUT2D eigenvalue weighted by Gasteiger charge is -2.03. The van der Waals surface area contributed by atoms with Crippen LogP contribution in [-0.4, -0.2) is 39.7 Å². The Labute approximate surface area is 63.1 Å². The fourth-order valence-electron chi connectivity index (χ4n) is 0.932. The van der Waals surface area contributed by atoms with Gasteiger partial charge in [0.2, 0.25) is 0 Å². The molecule has 1 fully saturated rings. The monoisotopic (exact) mass is 156 g/mol. The van der Waals surface area contributed by atoms with Crippen molar-refractivity contribution in [3.05, 3.63) is 6.33 Å². The highest BCUT2D eigenvalue weighted by Crippen LogP contribution is 2.03. The molecule has 2 rings (SSSR count). The van der Waals surface area contributed by atoms with E-state index in [1.165, 1.54) is 11.1 Å². The van der Waals surface area contributed by atoms with Gasteiger partial charge in [0.1, 0.15) is 12.9 Å². The van der Waals surface area contributed by atoms with E-state index in [4.69, 9.17) is 9.47 Å². The molecule has 1 aliphatic rings. The second-order valence-corrected chi connectivity index (χ2v) is 2.27. The third-order valence-corrected chi connectivity index (χ3v) is 1.45. The fourth-order valence-corrected chi connectivity index (χ4v) is 0.932. The van der Waals surface area contributed by atoms with Gasteiger partial charge in [-0.1, -0.05) is 0 Å². The van der Waals surface area contributed by atoms with E-state index < -0.39 is 0 Å². The van der Waals surface area contributed by atoms with Crippen LogP contribution in [0.3, 0.4) is 0 Å². The van der Waals surface area contributed by atoms with Gasteiger partial charge in [0.05, 0.1) is 13.2 Å². The molecule has 0 bridgehead atoms. The quantitative estimate of drug-likeness (QED) is 0.552. The number of hydrogen-bond donors (Lipinski definition) is 0. The number of nitrogens with zero attached hydrogens (tertiary/aromatic N) is 4. The van der Waals surface area contributed by atoms with Crippen molar-refractivity contribution in [1.82, 2.24) is 20.2 Å². The van der Waals surface area contributed by atoms with Crippen molar-refractivity contribution in [3.8, 4) is 0 Å². The summed E-state index contributed by atoms with van der Waals surface area (Å²) in [5, 5.41) is 11.1. The molecular formula is C5H8N4O2. The summed E-state index contributed by atoms with van der Waals surface area (Å²) in [6.07, 6.45) is 1.47. The molecular weight excluding hydrogens is 148 g/mol. The second-order valence-electron chi connectivity index (χ2n) is 2.27. The molecule has 0 amide bonds. The number of aromatic nitrogens is 4. The van der Waals surface area contributed by atoms with Gasteiger partial charge in [-0.2, -0.15) is 4.80 Å². The lowest BCUT2D eigenvalue weighted by molar-refractivity contribution is 0.0399. The smallest absolute Gasteiger partial charge is 0.162 e. The Morgan fingerprint density at radius 2 is 2.64 bits per heavy atom. The summed E-state index contributed by atoms with van der Waals surface area (Å²) in [6, 6.07) is 0. The van der Waals surface area contributed by atoms with Gasteiger partial charge in [0, 0.05) is 0 Å². The molecule has 0 aromatic carbocycles. The first-order chi connectivity index (χ1) is 5.45. The summed E-state index contributed by atoms with van der Waals surface area (Å²) in [5.74, 6) is 0. The summed E-state index contributed by atoms with van der Waals surface area (Å²) in [7, 11) is 0. The molecule has 2 heterocycles. The molecule has 0 radical (unpaired) electrons. The number of tetrazole rings is 1. The van der Waals surface area contributed by atoms with E-state index in [1.807, 2.05) is 0 Å². The Morgan fingerprint density at radius 1 is 1.64 bits per heavy atom. The largest absolute Gasteiger partial charge is 0.353 e. The Bertz CT molecular complexity index is 206. The van der Waals surface area contributed by atoms with Crippen molar-refractivity contribution in [2.45, 2.75) is 12.6 Å². The van der Waals surface area contributed by atoms with Gasteiger partial charge in [0.15, 0.2) is 6.33 Å². The first-order valence-electron chi connectivity index (χ1n) is 3.35. The maximum absolute atomic E-state index is 5.18. The number of hydrogen-bond acceptors (Lipinski definition) is 5. The minimum Gasteiger partial charge on any atom is -0.353 e. The van der Waals surface area contributed by atoms with E-state index >= 15 is 0 Å². The Hall–Kier alpha value is -1.01. The van der Waals surface area contributed by atoms with Gasteiger partial charge in [-0.05, 0) is 5.21 Å². The van der Waals surface area contributed by atoms with Crippen LogP contribution in [-0.2, 0) is 16.0 Å². The predicted molar refractivity (Wildman–Crippen MR) is 33.5 cm³/mol. The van der Waals surface area contributed by atoms with E-state index in [1.54, 1.807) is 0 Å². The molecule has 1 aliphatic heterocycles. The summed E-state index contributed by atoms with van der Waals surface area (Å²) >= 11 is 0. The van der Waals surface area contributed by atoms with Gasteiger partial charge in [-0.3, -0.25) is 0 Å². The average molecular weight is 156 g/mol. The molecule has 0 aliphatic carbocycles. The zero-order valence-electron chi connectivity index (χ0n) is 5.88. The molecule has 60 valence electrons. The summed E-state index contributed by atoms with van der Waals surface area (Å²) in [4.78, 5) is 1.49. The Balaban J connectivity index is 1.90. The topological polar surface area (TPSA) is 62.1 Å². The van der Waals surface area contributed by atoms with E-state index in [9.17, 15) is 0 Å². The average Bonchev–Trinajstić information content (AvgIpc) is 2.60. The SMILES string of the molecule is c1nnn(CC2COCO2)n1. The van der Waals surface area contributed by atoms with Crippen LogP contribution in [0, 0.1) is 0 Å². The maximum atomic E-state index is 5.18. The third kappa shape index (κ3) is 1.52. The van der Waals surface area contributed by atoms with Crippen LogP contribution in [0.25, 0.3) is 0 Å². The predicted octanol–water partition coefficient (Wildman–Crippen LogP) is -0.954. The molecule has 6 heteroatoms. The van der Waals surface area contributed by atoms with E-state index in [2.05, 4.69) is 15.4 Å². The van der Waals surface area contributed by atoms with Crippen molar-refractivity contribution >= 4 is 0 Å². The highest BCUT2D eigenvalue weighted by molar-refractivity contribution is 4.57. The van der Waals surface area contributed by atoms with Gasteiger partial charge in [-0.25, -0.2) is 0 Å². The molecule has 0 spiro atoms. The molecule has 0 saturated carbocycles. The molecule has 11 heavy (non-hydrogen) atoms. The lowest BCUT2D eigenvalue weighted by Crippen LogP contribution is -2.19. The van der Waals surface area contributed by atoms with Crippen LogP contribution < -0.4 is 0 Å². The van der Waals surface area contributed by atoms with Crippen LogP contribution in [0.1, 0.15) is 0 Å². The third-order valence-electron chi connectivity index (χ3n) is 1.45. The van der Waals surface area contributed by atoms with Crippen LogP contribution in [0.5, 0.6) is 0 Å². The maximum Gasteiger partial charge on any atom is 0.162 e. The van der Waals surface area contributed by atoms with Crippen molar-refractivity contribution in [2.75, 3.05) is 13.4 Å². The molecule has 0 N–H and O–H groups in total. The van der Waals surface area contributed by atoms with Gasteiger partial charge in [0.25, 0.3) is 0 Å². The highest BCUT2D eigenvalue weighted by Gasteiger charge is 2.16. The minimum absolute atomic E-state index is 0.0733. The summed E-state index contributed by atoms with van der Waals surface area (Å²) < 4.78 is 10.2. The van der Waals surface area contributed by atoms with Crippen LogP contribution in [0.4, 0.5) is 0 Å². The zero-order valence-corrected chi connectivity index (χ0v) is 5.88. The van der Waals surface area contributed by atoms with Crippen molar-refractivity contribution in [1.29, 1.82) is 0 Å². The van der Waals surface area contributed by atoms with Crippen LogP contribution in [0.15, 0.2) is 6.33 Å². The first kappa shape index (κ1) is 6.68. The Morgan fingerprint density at radius 3 is 3.27 bits per heavy atom. The molecule has 6 nitrogen and oxygen atoms in total. The lowest BCUT2D eigenvalue weighted by atomic mass is 10.4. The second kappa shape index (κ2) is 2.93. The van der Waals surface area contributed by atoms with Gasteiger partial charge in [-0.15, -0.1) is 10.2 Å². The molecule has 1 aromatic heterocycles. The van der Waals surface area contributed by atoms with Crippen molar-refractivity contribution in [3.63, 3.8) is 0 Å². The van der Waals surface area contributed by atoms with Crippen molar-refractivity contribution in [2.24, 2.45) is 0 Å². The molecule has 1 unspecified atom stereocenters. The van der Waals surface area contributed by atoms with E-state index in [-0.39, 0.29) is 6.10 Å². The van der Waals surface area contributed by atoms with Crippen molar-refractivity contribution < 1.29 is 9.47 Å². The highest BCUT2D eigenvalue weighted by atomic mass is 16.7. The molecule has 1 aromatic rings. The van der Waals surface area contributed by atoms with Gasteiger partial charge >= 0.3 is 0 Å². The van der Waals surface area contributed by atoms with Gasteiger partial charge < -0.3 is 9.47 Å². The molecule has 1 atom stereocenters. The standard InChI is InChI=1S/C5H8N4O2/c1(5-2-10-4-11-5)9-7-3-6-8-9/h3,5H,1-2,4H2. The summed E-state index contributed by atoms with van der Waals surface area (Å²) in [6.45, 7) is 1.60. The molecule has 1 saturated heterocycles. The summed E-state index contributed by atoms with van der Waals surface area (Å²) in [5.41, 5.74) is 0. The number of ether oxygens (including phenoxy) is 2. The zero-order chi connectivity index (χ0) is 7.52. The van der Waals surface area contributed by atoms with E-state index in [0.717, 1.165) is 0 Å². The normalized spacial score (nSPS) is 24.2. The van der Waals surface area contributed by atoms with Crippen LogP contribution in [0.2, 0.25) is 0 Å². The first-order valence-corrected chi connectivity index (χ1v) is 3.35. The van der Waals surface area contributed by atoms with E-state index in [0.29, 0.717) is 19.9 Å². The van der Waals surface area contributed by atoms with Crippen LogP contribution >= 0.6 is 0 Å². The Kier molecular flexibility index (Phi) is 1.78. The minimum atomic E-state index is 0.0733.